The predicted octanol–water partition coefficient (Wildman–Crippen LogP) is 1.87. The van der Waals surface area contributed by atoms with Crippen LogP contribution < -0.4 is 20.5 Å². The average molecular weight is 357 g/mol. The van der Waals surface area contributed by atoms with Gasteiger partial charge >= 0.3 is 0 Å². The van der Waals surface area contributed by atoms with E-state index >= 15 is 0 Å². The van der Waals surface area contributed by atoms with Gasteiger partial charge in [0, 0.05) is 18.2 Å². The SMILES string of the molecule is COc1ccc(CN(C)CC(=O)Nc2ccccc2C(N)=O)c(OC)c1. The predicted molar refractivity (Wildman–Crippen MR) is 99.5 cm³/mol. The molecule has 2 aromatic carbocycles. The maximum atomic E-state index is 12.3. The van der Waals surface area contributed by atoms with Crippen molar-refractivity contribution in [3.63, 3.8) is 0 Å². The summed E-state index contributed by atoms with van der Waals surface area (Å²) in [6.07, 6.45) is 0. The van der Waals surface area contributed by atoms with Crippen LogP contribution in [0.2, 0.25) is 0 Å². The molecule has 0 bridgehead atoms. The standard InChI is InChI=1S/C19H23N3O4/c1-22(11-13-8-9-14(25-2)10-17(13)26-3)12-18(23)21-16-7-5-4-6-15(16)19(20)24/h4-10H,11-12H2,1-3H3,(H2,20,24)(H,21,23). The summed E-state index contributed by atoms with van der Waals surface area (Å²) in [5, 5.41) is 2.72. The van der Waals surface area contributed by atoms with Gasteiger partial charge < -0.3 is 20.5 Å². The first-order chi connectivity index (χ1) is 12.4. The molecule has 2 rings (SSSR count). The number of amides is 2. The van der Waals surface area contributed by atoms with Crippen molar-refractivity contribution in [3.05, 3.63) is 53.6 Å². The Kier molecular flexibility index (Phi) is 6.57. The second-order valence-electron chi connectivity index (χ2n) is 5.81. The summed E-state index contributed by atoms with van der Waals surface area (Å²) >= 11 is 0. The van der Waals surface area contributed by atoms with E-state index in [9.17, 15) is 9.59 Å². The van der Waals surface area contributed by atoms with Gasteiger partial charge in [-0.2, -0.15) is 0 Å². The highest BCUT2D eigenvalue weighted by molar-refractivity contribution is 6.03. The fraction of sp³-hybridized carbons (Fsp3) is 0.263. The van der Waals surface area contributed by atoms with E-state index in [2.05, 4.69) is 5.32 Å². The fourth-order valence-corrected chi connectivity index (χ4v) is 2.57. The molecule has 0 aliphatic heterocycles. The number of nitrogens with two attached hydrogens (primary N) is 1. The number of nitrogens with one attached hydrogen (secondary N) is 1. The van der Waals surface area contributed by atoms with Gasteiger partial charge in [0.2, 0.25) is 5.91 Å². The summed E-state index contributed by atoms with van der Waals surface area (Å²) in [5.41, 5.74) is 6.94. The van der Waals surface area contributed by atoms with Crippen LogP contribution in [0, 0.1) is 0 Å². The number of primary amides is 1. The third-order valence-electron chi connectivity index (χ3n) is 3.81. The molecular formula is C19H23N3O4. The average Bonchev–Trinajstić information content (AvgIpc) is 2.62. The Bertz CT molecular complexity index is 792. The van der Waals surface area contributed by atoms with Crippen LogP contribution in [0.5, 0.6) is 11.5 Å². The highest BCUT2D eigenvalue weighted by Gasteiger charge is 2.14. The van der Waals surface area contributed by atoms with Gasteiger partial charge in [0.1, 0.15) is 11.5 Å². The van der Waals surface area contributed by atoms with E-state index in [0.717, 1.165) is 5.56 Å². The molecule has 2 aromatic rings. The van der Waals surface area contributed by atoms with Gasteiger partial charge in [-0.3, -0.25) is 14.5 Å². The van der Waals surface area contributed by atoms with E-state index in [-0.39, 0.29) is 18.0 Å². The quantitative estimate of drug-likeness (QED) is 0.752. The number of likely N-dealkylation sites (N-methyl/N-ethyl adjacent to an activating group) is 1. The number of carbonyl (C=O) groups excluding carboxylic acids is 2. The van der Waals surface area contributed by atoms with Crippen molar-refractivity contribution in [1.29, 1.82) is 0 Å². The molecule has 7 heteroatoms. The summed E-state index contributed by atoms with van der Waals surface area (Å²) in [7, 11) is 5.00. The molecule has 0 atom stereocenters. The van der Waals surface area contributed by atoms with E-state index in [1.54, 1.807) is 44.6 Å². The number of benzene rings is 2. The van der Waals surface area contributed by atoms with E-state index in [1.165, 1.54) is 0 Å². The first-order valence-electron chi connectivity index (χ1n) is 8.02. The van der Waals surface area contributed by atoms with Crippen LogP contribution in [-0.4, -0.2) is 44.5 Å². The molecule has 0 aliphatic carbocycles. The first-order valence-corrected chi connectivity index (χ1v) is 8.02. The summed E-state index contributed by atoms with van der Waals surface area (Å²) in [4.78, 5) is 25.6. The molecule has 0 saturated heterocycles. The molecule has 2 amide bonds. The van der Waals surface area contributed by atoms with Crippen molar-refractivity contribution in [3.8, 4) is 11.5 Å². The van der Waals surface area contributed by atoms with E-state index in [4.69, 9.17) is 15.2 Å². The third kappa shape index (κ3) is 4.97. The summed E-state index contributed by atoms with van der Waals surface area (Å²) in [6, 6.07) is 12.2. The normalized spacial score (nSPS) is 10.5. The third-order valence-corrected chi connectivity index (χ3v) is 3.81. The minimum absolute atomic E-state index is 0.141. The molecule has 0 heterocycles. The Morgan fingerprint density at radius 3 is 2.50 bits per heavy atom. The summed E-state index contributed by atoms with van der Waals surface area (Å²) in [6.45, 7) is 0.653. The zero-order chi connectivity index (χ0) is 19.1. The highest BCUT2D eigenvalue weighted by atomic mass is 16.5. The molecule has 26 heavy (non-hydrogen) atoms. The molecular weight excluding hydrogens is 334 g/mol. The van der Waals surface area contributed by atoms with Crippen LogP contribution in [0.15, 0.2) is 42.5 Å². The second-order valence-corrected chi connectivity index (χ2v) is 5.81. The van der Waals surface area contributed by atoms with Crippen LogP contribution in [0.1, 0.15) is 15.9 Å². The van der Waals surface area contributed by atoms with Crippen molar-refractivity contribution in [2.75, 3.05) is 33.1 Å². The first kappa shape index (κ1) is 19.3. The topological polar surface area (TPSA) is 93.9 Å². The lowest BCUT2D eigenvalue weighted by atomic mass is 10.1. The molecule has 0 unspecified atom stereocenters. The lowest BCUT2D eigenvalue weighted by Crippen LogP contribution is -2.30. The Morgan fingerprint density at radius 1 is 1.12 bits per heavy atom. The van der Waals surface area contributed by atoms with Gasteiger partial charge in [0.15, 0.2) is 0 Å². The molecule has 0 saturated carbocycles. The maximum Gasteiger partial charge on any atom is 0.250 e. The maximum absolute atomic E-state index is 12.3. The Morgan fingerprint density at radius 2 is 1.85 bits per heavy atom. The highest BCUT2D eigenvalue weighted by Crippen LogP contribution is 2.25. The number of carbonyl (C=O) groups is 2. The number of ether oxygens (including phenoxy) is 2. The number of hydrogen-bond acceptors (Lipinski definition) is 5. The fourth-order valence-electron chi connectivity index (χ4n) is 2.57. The van der Waals surface area contributed by atoms with Gasteiger partial charge in [-0.05, 0) is 25.2 Å². The molecule has 138 valence electrons. The smallest absolute Gasteiger partial charge is 0.250 e. The number of methoxy groups -OCH3 is 2. The monoisotopic (exact) mass is 357 g/mol. The number of rotatable bonds is 8. The lowest BCUT2D eigenvalue weighted by Gasteiger charge is -2.19. The molecule has 3 N–H and O–H groups in total. The van der Waals surface area contributed by atoms with Crippen molar-refractivity contribution in [2.24, 2.45) is 5.73 Å². The van der Waals surface area contributed by atoms with Crippen LogP contribution in [0.4, 0.5) is 5.69 Å². The van der Waals surface area contributed by atoms with Gasteiger partial charge in [0.25, 0.3) is 5.91 Å². The summed E-state index contributed by atoms with van der Waals surface area (Å²) < 4.78 is 10.6. The van der Waals surface area contributed by atoms with Gasteiger partial charge in [-0.25, -0.2) is 0 Å². The number of nitrogens with zero attached hydrogens (tertiary/aromatic N) is 1. The van der Waals surface area contributed by atoms with Crippen LogP contribution in [0.3, 0.4) is 0 Å². The van der Waals surface area contributed by atoms with Crippen LogP contribution >= 0.6 is 0 Å². The van der Waals surface area contributed by atoms with Crippen molar-refractivity contribution < 1.29 is 19.1 Å². The molecule has 7 nitrogen and oxygen atoms in total. The number of hydrogen-bond donors (Lipinski definition) is 2. The lowest BCUT2D eigenvalue weighted by molar-refractivity contribution is -0.117. The zero-order valence-corrected chi connectivity index (χ0v) is 15.1. The Labute approximate surface area is 152 Å². The van der Waals surface area contributed by atoms with Gasteiger partial charge in [0.05, 0.1) is 32.0 Å². The largest absolute Gasteiger partial charge is 0.497 e. The minimum atomic E-state index is -0.586. The zero-order valence-electron chi connectivity index (χ0n) is 15.1. The van der Waals surface area contributed by atoms with E-state index in [1.807, 2.05) is 24.1 Å². The molecule has 0 aromatic heterocycles. The molecule has 0 aliphatic rings. The Hall–Kier alpha value is -3.06. The minimum Gasteiger partial charge on any atom is -0.497 e. The van der Waals surface area contributed by atoms with Gasteiger partial charge in [-0.15, -0.1) is 0 Å². The van der Waals surface area contributed by atoms with Crippen molar-refractivity contribution in [2.45, 2.75) is 6.54 Å². The van der Waals surface area contributed by atoms with E-state index in [0.29, 0.717) is 23.7 Å². The van der Waals surface area contributed by atoms with Crippen LogP contribution in [-0.2, 0) is 11.3 Å². The Balaban J connectivity index is 2.01. The van der Waals surface area contributed by atoms with Crippen molar-refractivity contribution in [1.82, 2.24) is 4.90 Å². The van der Waals surface area contributed by atoms with E-state index < -0.39 is 5.91 Å². The number of anilines is 1. The summed E-state index contributed by atoms with van der Waals surface area (Å²) in [5.74, 6) is 0.565. The molecule has 0 fully saturated rings. The van der Waals surface area contributed by atoms with Crippen molar-refractivity contribution >= 4 is 17.5 Å². The number of para-hydroxylation sites is 1. The molecule has 0 radical (unpaired) electrons. The second kappa shape index (κ2) is 8.87. The van der Waals surface area contributed by atoms with Gasteiger partial charge in [-0.1, -0.05) is 18.2 Å². The molecule has 0 spiro atoms. The van der Waals surface area contributed by atoms with Crippen LogP contribution in [0.25, 0.3) is 0 Å².